The van der Waals surface area contributed by atoms with E-state index in [0.717, 1.165) is 19.3 Å². The normalized spacial score (nSPS) is 18.3. The Morgan fingerprint density at radius 3 is 2.70 bits per heavy atom. The van der Waals surface area contributed by atoms with Gasteiger partial charge in [-0.15, -0.1) is 0 Å². The van der Waals surface area contributed by atoms with Crippen molar-refractivity contribution in [2.45, 2.75) is 64.8 Å². The number of aryl methyl sites for hydroxylation is 1. The second-order valence-corrected chi connectivity index (χ2v) is 6.41. The number of aromatic nitrogens is 3. The molecule has 0 spiro atoms. The fourth-order valence-electron chi connectivity index (χ4n) is 2.81. The highest BCUT2D eigenvalue weighted by Crippen LogP contribution is 2.20. The summed E-state index contributed by atoms with van der Waals surface area (Å²) in [6, 6.07) is -0.401. The van der Waals surface area contributed by atoms with Crippen molar-refractivity contribution < 1.29 is 9.59 Å². The van der Waals surface area contributed by atoms with E-state index >= 15 is 0 Å². The lowest BCUT2D eigenvalue weighted by Crippen LogP contribution is -2.50. The van der Waals surface area contributed by atoms with Crippen LogP contribution in [0.1, 0.15) is 64.6 Å². The number of carbonyl (C=O) groups excluding carboxylic acids is 2. The van der Waals surface area contributed by atoms with Crippen LogP contribution in [0.5, 0.6) is 0 Å². The third-order valence-corrected chi connectivity index (χ3v) is 4.12. The first-order chi connectivity index (χ1) is 10.9. The number of rotatable bonds is 5. The largest absolute Gasteiger partial charge is 0.331 e. The highest BCUT2D eigenvalue weighted by molar-refractivity contribution is 5.96. The zero-order valence-corrected chi connectivity index (χ0v) is 14.5. The highest BCUT2D eigenvalue weighted by atomic mass is 16.2. The first kappa shape index (κ1) is 17.4. The molecule has 1 N–H and O–H groups in total. The maximum absolute atomic E-state index is 12.6. The van der Waals surface area contributed by atoms with Gasteiger partial charge in [-0.1, -0.05) is 20.8 Å². The Morgan fingerprint density at radius 1 is 1.35 bits per heavy atom. The summed E-state index contributed by atoms with van der Waals surface area (Å²) in [4.78, 5) is 31.0. The minimum absolute atomic E-state index is 0.0631. The Bertz CT molecular complexity index is 567. The van der Waals surface area contributed by atoms with E-state index in [1.54, 1.807) is 16.6 Å². The molecule has 1 fully saturated rings. The van der Waals surface area contributed by atoms with Crippen LogP contribution in [0.2, 0.25) is 0 Å². The summed E-state index contributed by atoms with van der Waals surface area (Å²) >= 11 is 0. The molecule has 7 nitrogen and oxygen atoms in total. The lowest BCUT2D eigenvalue weighted by atomic mass is 10.0. The minimum Gasteiger partial charge on any atom is -0.331 e. The summed E-state index contributed by atoms with van der Waals surface area (Å²) in [6.45, 7) is 6.65. The summed E-state index contributed by atoms with van der Waals surface area (Å²) in [5.41, 5.74) is 0. The topological polar surface area (TPSA) is 80.1 Å². The quantitative estimate of drug-likeness (QED) is 0.900. The van der Waals surface area contributed by atoms with Crippen molar-refractivity contribution in [1.29, 1.82) is 0 Å². The number of nitrogens with zero attached hydrogens (tertiary/aromatic N) is 4. The number of hydrogen-bond donors (Lipinski definition) is 1. The molecule has 0 aliphatic carbocycles. The van der Waals surface area contributed by atoms with Crippen LogP contribution in [-0.4, -0.2) is 44.1 Å². The van der Waals surface area contributed by atoms with Gasteiger partial charge in [0.25, 0.3) is 0 Å². The van der Waals surface area contributed by atoms with Crippen LogP contribution in [0, 0.1) is 0 Å². The maximum atomic E-state index is 12.6. The molecule has 0 aromatic carbocycles. The van der Waals surface area contributed by atoms with Gasteiger partial charge in [0.2, 0.25) is 17.8 Å². The van der Waals surface area contributed by atoms with Crippen molar-refractivity contribution in [2.24, 2.45) is 7.05 Å². The second kappa shape index (κ2) is 7.57. The van der Waals surface area contributed by atoms with Gasteiger partial charge in [-0.3, -0.25) is 14.9 Å². The molecule has 1 aliphatic heterocycles. The Kier molecular flexibility index (Phi) is 5.74. The van der Waals surface area contributed by atoms with Crippen molar-refractivity contribution in [3.63, 3.8) is 0 Å². The van der Waals surface area contributed by atoms with E-state index in [9.17, 15) is 9.59 Å². The number of piperidine rings is 1. The summed E-state index contributed by atoms with van der Waals surface area (Å²) in [5.74, 6) is 1.23. The highest BCUT2D eigenvalue weighted by Gasteiger charge is 2.32. The molecule has 2 heterocycles. The number of anilines is 1. The van der Waals surface area contributed by atoms with E-state index < -0.39 is 6.04 Å². The SMILES string of the molecule is CCCC(=O)N1CCCC[C@@H]1C(=O)Nc1nc(C(C)C)nn1C. The number of hydrogen-bond acceptors (Lipinski definition) is 4. The number of carbonyl (C=O) groups is 2. The molecule has 2 amide bonds. The Labute approximate surface area is 137 Å². The molecule has 1 aliphatic rings. The Hall–Kier alpha value is -1.92. The Morgan fingerprint density at radius 2 is 2.09 bits per heavy atom. The summed E-state index contributed by atoms with van der Waals surface area (Å²) < 4.78 is 1.58. The Balaban J connectivity index is 2.10. The van der Waals surface area contributed by atoms with Gasteiger partial charge in [0.1, 0.15) is 6.04 Å². The molecular weight excluding hydrogens is 294 g/mol. The number of amides is 2. The van der Waals surface area contributed by atoms with E-state index in [0.29, 0.717) is 31.2 Å². The van der Waals surface area contributed by atoms with Crippen LogP contribution in [0.4, 0.5) is 5.95 Å². The third-order valence-electron chi connectivity index (χ3n) is 4.12. The van der Waals surface area contributed by atoms with Gasteiger partial charge >= 0.3 is 0 Å². The molecule has 7 heteroatoms. The fraction of sp³-hybridized carbons (Fsp3) is 0.750. The van der Waals surface area contributed by atoms with Crippen molar-refractivity contribution in [2.75, 3.05) is 11.9 Å². The smallest absolute Gasteiger partial charge is 0.249 e. The van der Waals surface area contributed by atoms with Crippen molar-refractivity contribution in [3.05, 3.63) is 5.82 Å². The minimum atomic E-state index is -0.401. The lowest BCUT2D eigenvalue weighted by molar-refractivity contribution is -0.140. The summed E-state index contributed by atoms with van der Waals surface area (Å²) in [7, 11) is 1.76. The van der Waals surface area contributed by atoms with Gasteiger partial charge in [-0.25, -0.2) is 4.68 Å². The monoisotopic (exact) mass is 321 g/mol. The molecule has 0 unspecified atom stereocenters. The molecule has 2 rings (SSSR count). The first-order valence-electron chi connectivity index (χ1n) is 8.45. The van der Waals surface area contributed by atoms with Gasteiger partial charge in [0, 0.05) is 25.9 Å². The zero-order chi connectivity index (χ0) is 17.0. The molecule has 1 saturated heterocycles. The maximum Gasteiger partial charge on any atom is 0.249 e. The molecule has 1 aromatic rings. The average Bonchev–Trinajstić information content (AvgIpc) is 2.89. The molecule has 1 atom stereocenters. The van der Waals surface area contributed by atoms with E-state index in [2.05, 4.69) is 15.4 Å². The molecule has 23 heavy (non-hydrogen) atoms. The second-order valence-electron chi connectivity index (χ2n) is 6.41. The zero-order valence-electron chi connectivity index (χ0n) is 14.5. The van der Waals surface area contributed by atoms with E-state index in [1.165, 1.54) is 0 Å². The van der Waals surface area contributed by atoms with Crippen LogP contribution in [0.3, 0.4) is 0 Å². The van der Waals surface area contributed by atoms with E-state index in [4.69, 9.17) is 0 Å². The fourth-order valence-corrected chi connectivity index (χ4v) is 2.81. The summed E-state index contributed by atoms with van der Waals surface area (Å²) in [6.07, 6.45) is 3.91. The van der Waals surface area contributed by atoms with Gasteiger partial charge in [-0.2, -0.15) is 10.1 Å². The van der Waals surface area contributed by atoms with Gasteiger partial charge in [-0.05, 0) is 25.7 Å². The number of nitrogens with one attached hydrogen (secondary N) is 1. The van der Waals surface area contributed by atoms with Crippen LogP contribution in [0.25, 0.3) is 0 Å². The van der Waals surface area contributed by atoms with Crippen LogP contribution in [0.15, 0.2) is 0 Å². The molecule has 128 valence electrons. The molecule has 0 radical (unpaired) electrons. The number of likely N-dealkylation sites (tertiary alicyclic amines) is 1. The van der Waals surface area contributed by atoms with Crippen LogP contribution < -0.4 is 5.32 Å². The third kappa shape index (κ3) is 4.09. The van der Waals surface area contributed by atoms with E-state index in [1.807, 2.05) is 20.8 Å². The molecular formula is C16H27N5O2. The average molecular weight is 321 g/mol. The predicted octanol–water partition coefficient (Wildman–Crippen LogP) is 2.06. The van der Waals surface area contributed by atoms with E-state index in [-0.39, 0.29) is 17.7 Å². The molecule has 0 bridgehead atoms. The van der Waals surface area contributed by atoms with Gasteiger partial charge in [0.15, 0.2) is 5.82 Å². The lowest BCUT2D eigenvalue weighted by Gasteiger charge is -2.34. The van der Waals surface area contributed by atoms with Gasteiger partial charge in [0.05, 0.1) is 0 Å². The summed E-state index contributed by atoms with van der Waals surface area (Å²) in [5, 5.41) is 7.14. The van der Waals surface area contributed by atoms with Crippen LogP contribution in [-0.2, 0) is 16.6 Å². The predicted molar refractivity (Wildman–Crippen MR) is 88.0 cm³/mol. The standard InChI is InChI=1S/C16H27N5O2/c1-5-8-13(22)21-10-7-6-9-12(21)15(23)18-16-17-14(11(2)3)19-20(16)4/h11-12H,5-10H2,1-4H3,(H,17,18,19,23)/t12-/m1/s1. The molecule has 0 saturated carbocycles. The van der Waals surface area contributed by atoms with Crippen molar-refractivity contribution in [3.8, 4) is 0 Å². The van der Waals surface area contributed by atoms with Gasteiger partial charge < -0.3 is 4.90 Å². The first-order valence-corrected chi connectivity index (χ1v) is 8.45. The van der Waals surface area contributed by atoms with Crippen molar-refractivity contribution >= 4 is 17.8 Å². The molecule has 1 aromatic heterocycles. The van der Waals surface area contributed by atoms with Crippen molar-refractivity contribution in [1.82, 2.24) is 19.7 Å². The van der Waals surface area contributed by atoms with Crippen LogP contribution >= 0.6 is 0 Å².